The summed E-state index contributed by atoms with van der Waals surface area (Å²) in [5, 5.41) is 6.94. The van der Waals surface area contributed by atoms with Crippen LogP contribution in [0.15, 0.2) is 185 Å². The van der Waals surface area contributed by atoms with Gasteiger partial charge < -0.3 is 18.3 Å². The molecule has 4 heterocycles. The van der Waals surface area contributed by atoms with Gasteiger partial charge in [-0.05, 0) is 78.9 Å². The van der Waals surface area contributed by atoms with Crippen molar-refractivity contribution in [3.63, 3.8) is 0 Å². The second-order valence-electron chi connectivity index (χ2n) is 14.0. The molecular formula is C49H29N3O2S. The quantitative estimate of drug-likeness (QED) is 0.177. The smallest absolute Gasteiger partial charge is 0.227 e. The van der Waals surface area contributed by atoms with E-state index in [9.17, 15) is 0 Å². The lowest BCUT2D eigenvalue weighted by Gasteiger charge is -2.27. The highest BCUT2D eigenvalue weighted by atomic mass is 32.1. The molecule has 0 aliphatic rings. The first-order valence-electron chi connectivity index (χ1n) is 18.4. The minimum absolute atomic E-state index is 0.601. The predicted octanol–water partition coefficient (Wildman–Crippen LogP) is 14.3. The SMILES string of the molecule is c1ccc(-c2nc3cc4oc5cc(N(c6ccc7c8ccccc8n(-c8ccccc8)c7c6)c6cccc7sc8ccccc8c67)ccc5c4cc3o2)cc1. The van der Waals surface area contributed by atoms with E-state index in [1.165, 1.54) is 36.5 Å². The third kappa shape index (κ3) is 4.62. The molecule has 55 heavy (non-hydrogen) atoms. The Hall–Kier alpha value is -7.15. The van der Waals surface area contributed by atoms with Crippen molar-refractivity contribution in [3.05, 3.63) is 176 Å². The molecule has 0 fully saturated rings. The van der Waals surface area contributed by atoms with Crippen molar-refractivity contribution in [3.8, 4) is 17.1 Å². The van der Waals surface area contributed by atoms with Gasteiger partial charge in [0.1, 0.15) is 16.7 Å². The topological polar surface area (TPSA) is 47.3 Å². The molecule has 0 bridgehead atoms. The standard InChI is InChI=1S/C49H29N3O2S/c1-3-12-30(13-4-1)49-50-39-29-44-38(28-45(39)54-49)36-25-23-33(27-43(36)53-44)51(41-19-11-21-47-48(41)37-17-8-10-20-46(37)55-47)32-22-24-35-34-16-7-9-18-40(34)52(42(35)26-32)31-14-5-2-6-15-31/h1-29H. The fourth-order valence-electron chi connectivity index (χ4n) is 8.35. The van der Waals surface area contributed by atoms with Crippen LogP contribution in [0.3, 0.4) is 0 Å². The molecule has 6 heteroatoms. The molecular weight excluding hydrogens is 695 g/mol. The van der Waals surface area contributed by atoms with Crippen LogP contribution in [-0.4, -0.2) is 9.55 Å². The lowest BCUT2D eigenvalue weighted by Crippen LogP contribution is -2.10. The van der Waals surface area contributed by atoms with E-state index in [1.807, 2.05) is 47.7 Å². The molecule has 4 aromatic heterocycles. The van der Waals surface area contributed by atoms with Crippen molar-refractivity contribution in [2.75, 3.05) is 4.90 Å². The third-order valence-corrected chi connectivity index (χ3v) is 11.9. The number of furan rings is 1. The van der Waals surface area contributed by atoms with E-state index >= 15 is 0 Å². The number of thiophene rings is 1. The van der Waals surface area contributed by atoms with E-state index < -0.39 is 0 Å². The molecule has 8 aromatic carbocycles. The van der Waals surface area contributed by atoms with Gasteiger partial charge in [-0.1, -0.05) is 84.9 Å². The molecule has 0 saturated carbocycles. The van der Waals surface area contributed by atoms with E-state index in [4.69, 9.17) is 13.8 Å². The number of oxazole rings is 1. The second kappa shape index (κ2) is 11.7. The maximum absolute atomic E-state index is 6.66. The fourth-order valence-corrected chi connectivity index (χ4v) is 9.48. The highest BCUT2D eigenvalue weighted by Crippen LogP contribution is 2.47. The molecule has 12 aromatic rings. The van der Waals surface area contributed by atoms with Crippen molar-refractivity contribution in [1.29, 1.82) is 0 Å². The molecule has 0 radical (unpaired) electrons. The Morgan fingerprint density at radius 2 is 1.16 bits per heavy atom. The van der Waals surface area contributed by atoms with Gasteiger partial charge in [-0.25, -0.2) is 4.98 Å². The molecule has 0 atom stereocenters. The third-order valence-electron chi connectivity index (χ3n) is 10.8. The van der Waals surface area contributed by atoms with Crippen LogP contribution in [-0.2, 0) is 0 Å². The Bertz CT molecular complexity index is 3450. The number of anilines is 3. The Labute approximate surface area is 318 Å². The monoisotopic (exact) mass is 723 g/mol. The van der Waals surface area contributed by atoms with E-state index in [0.29, 0.717) is 5.89 Å². The maximum Gasteiger partial charge on any atom is 0.227 e. The Balaban J connectivity index is 1.09. The van der Waals surface area contributed by atoms with Crippen molar-refractivity contribution in [2.24, 2.45) is 0 Å². The van der Waals surface area contributed by atoms with Gasteiger partial charge in [0.2, 0.25) is 5.89 Å². The maximum atomic E-state index is 6.66. The van der Waals surface area contributed by atoms with Gasteiger partial charge in [-0.2, -0.15) is 0 Å². The van der Waals surface area contributed by atoms with Gasteiger partial charge in [0.05, 0.1) is 16.7 Å². The highest BCUT2D eigenvalue weighted by Gasteiger charge is 2.22. The van der Waals surface area contributed by atoms with Gasteiger partial charge in [0.25, 0.3) is 0 Å². The summed E-state index contributed by atoms with van der Waals surface area (Å²) in [5.74, 6) is 0.601. The summed E-state index contributed by atoms with van der Waals surface area (Å²) in [7, 11) is 0. The van der Waals surface area contributed by atoms with Crippen molar-refractivity contribution < 1.29 is 8.83 Å². The molecule has 0 aliphatic heterocycles. The number of hydrogen-bond donors (Lipinski definition) is 0. The molecule has 258 valence electrons. The summed E-state index contributed by atoms with van der Waals surface area (Å²) < 4.78 is 17.8. The lowest BCUT2D eigenvalue weighted by molar-refractivity contribution is 0.620. The summed E-state index contributed by atoms with van der Waals surface area (Å²) in [6.07, 6.45) is 0. The van der Waals surface area contributed by atoms with Crippen LogP contribution in [0.1, 0.15) is 0 Å². The first kappa shape index (κ1) is 30.3. The predicted molar refractivity (Wildman–Crippen MR) is 229 cm³/mol. The van der Waals surface area contributed by atoms with Crippen LogP contribution in [0.2, 0.25) is 0 Å². The minimum Gasteiger partial charge on any atom is -0.456 e. The van der Waals surface area contributed by atoms with Crippen molar-refractivity contribution >= 4 is 103 Å². The molecule has 0 unspecified atom stereocenters. The van der Waals surface area contributed by atoms with Crippen LogP contribution in [0.25, 0.3) is 92.2 Å². The van der Waals surface area contributed by atoms with Crippen LogP contribution < -0.4 is 4.90 Å². The number of benzene rings is 8. The molecule has 0 amide bonds. The van der Waals surface area contributed by atoms with E-state index in [0.717, 1.165) is 66.9 Å². The number of rotatable bonds is 5. The zero-order valence-electron chi connectivity index (χ0n) is 29.3. The first-order chi connectivity index (χ1) is 27.2. The number of hydrogen-bond acceptors (Lipinski definition) is 5. The van der Waals surface area contributed by atoms with E-state index in [-0.39, 0.29) is 0 Å². The molecule has 0 N–H and O–H groups in total. The number of aromatic nitrogens is 2. The molecule has 0 aliphatic carbocycles. The summed E-state index contributed by atoms with van der Waals surface area (Å²) in [6, 6.07) is 62.1. The summed E-state index contributed by atoms with van der Waals surface area (Å²) in [4.78, 5) is 7.20. The van der Waals surface area contributed by atoms with Gasteiger partial charge >= 0.3 is 0 Å². The Morgan fingerprint density at radius 3 is 2.04 bits per heavy atom. The Morgan fingerprint density at radius 1 is 0.473 bits per heavy atom. The average molecular weight is 724 g/mol. The zero-order chi connectivity index (χ0) is 36.0. The van der Waals surface area contributed by atoms with E-state index in [2.05, 4.69) is 149 Å². The summed E-state index contributed by atoms with van der Waals surface area (Å²) in [5.41, 5.74) is 10.7. The van der Waals surface area contributed by atoms with Crippen LogP contribution in [0.4, 0.5) is 17.1 Å². The molecule has 0 saturated heterocycles. The average Bonchev–Trinajstić information content (AvgIpc) is 4.00. The number of fused-ring (bicyclic) bond motifs is 10. The highest BCUT2D eigenvalue weighted by molar-refractivity contribution is 7.26. The zero-order valence-corrected chi connectivity index (χ0v) is 30.1. The van der Waals surface area contributed by atoms with Crippen LogP contribution >= 0.6 is 11.3 Å². The van der Waals surface area contributed by atoms with Gasteiger partial charge in [-0.3, -0.25) is 0 Å². The van der Waals surface area contributed by atoms with Crippen LogP contribution in [0, 0.1) is 0 Å². The normalized spacial score (nSPS) is 12.0. The largest absolute Gasteiger partial charge is 0.456 e. The van der Waals surface area contributed by atoms with Gasteiger partial charge in [-0.15, -0.1) is 11.3 Å². The van der Waals surface area contributed by atoms with Crippen molar-refractivity contribution in [2.45, 2.75) is 0 Å². The fraction of sp³-hybridized carbons (Fsp3) is 0. The molecule has 0 spiro atoms. The molecule has 12 rings (SSSR count). The van der Waals surface area contributed by atoms with Gasteiger partial charge in [0, 0.05) is 76.5 Å². The van der Waals surface area contributed by atoms with E-state index in [1.54, 1.807) is 0 Å². The van der Waals surface area contributed by atoms with Gasteiger partial charge in [0.15, 0.2) is 5.58 Å². The van der Waals surface area contributed by atoms with Crippen LogP contribution in [0.5, 0.6) is 0 Å². The number of nitrogens with zero attached hydrogens (tertiary/aromatic N) is 3. The second-order valence-corrected chi connectivity index (χ2v) is 15.0. The van der Waals surface area contributed by atoms with Crippen molar-refractivity contribution in [1.82, 2.24) is 9.55 Å². The lowest BCUT2D eigenvalue weighted by atomic mass is 10.1. The number of para-hydroxylation sites is 2. The first-order valence-corrected chi connectivity index (χ1v) is 19.2. The minimum atomic E-state index is 0.601. The summed E-state index contributed by atoms with van der Waals surface area (Å²) >= 11 is 1.83. The summed E-state index contributed by atoms with van der Waals surface area (Å²) in [6.45, 7) is 0. The molecule has 5 nitrogen and oxygen atoms in total. The Kier molecular flexibility index (Phi) is 6.44.